The molecule has 0 aliphatic rings. The average Bonchev–Trinajstić information content (AvgIpc) is 3.13. The third kappa shape index (κ3) is 3.33. The lowest BCUT2D eigenvalue weighted by molar-refractivity contribution is 0.0996. The number of para-hydroxylation sites is 1. The monoisotopic (exact) mass is 367 g/mol. The van der Waals surface area contributed by atoms with Crippen LogP contribution in [0, 0.1) is 11.8 Å². The van der Waals surface area contributed by atoms with Gasteiger partial charge in [-0.3, -0.25) is 4.79 Å². The summed E-state index contributed by atoms with van der Waals surface area (Å²) in [5, 5.41) is 5.14. The van der Waals surface area contributed by atoms with Crippen LogP contribution in [0.4, 0.5) is 0 Å². The molecular weight excluding hydrogens is 350 g/mol. The predicted molar refractivity (Wildman–Crippen MR) is 107 cm³/mol. The van der Waals surface area contributed by atoms with E-state index in [-0.39, 0.29) is 11.6 Å². The van der Waals surface area contributed by atoms with E-state index in [2.05, 4.69) is 26.9 Å². The number of fused-ring (bicyclic) bond motifs is 1. The minimum Gasteiger partial charge on any atom is -0.364 e. The van der Waals surface area contributed by atoms with Crippen LogP contribution < -0.4 is 5.73 Å². The Labute approximate surface area is 162 Å². The van der Waals surface area contributed by atoms with E-state index in [1.54, 1.807) is 23.1 Å². The van der Waals surface area contributed by atoms with Gasteiger partial charge in [0.15, 0.2) is 5.69 Å². The average molecular weight is 367 g/mol. The number of rotatable bonds is 3. The minimum absolute atomic E-state index is 0.0862. The Morgan fingerprint density at radius 1 is 1.07 bits per heavy atom. The highest BCUT2D eigenvalue weighted by Gasteiger charge is 2.15. The summed E-state index contributed by atoms with van der Waals surface area (Å²) in [4.78, 5) is 20.2. The van der Waals surface area contributed by atoms with Crippen molar-refractivity contribution in [1.82, 2.24) is 19.7 Å². The molecule has 2 aromatic carbocycles. The molecule has 136 valence electrons. The SMILES string of the molecule is CC(C#Cc1cccc(-n2nc(C(N)=O)c3ccccc32)c1)c1ncccn1. The third-order valence-electron chi connectivity index (χ3n) is 4.32. The summed E-state index contributed by atoms with van der Waals surface area (Å²) in [7, 11) is 0. The number of nitrogens with two attached hydrogens (primary N) is 1. The maximum Gasteiger partial charge on any atom is 0.269 e. The van der Waals surface area contributed by atoms with E-state index >= 15 is 0 Å². The number of nitrogens with zero attached hydrogens (tertiary/aromatic N) is 4. The minimum atomic E-state index is -0.553. The van der Waals surface area contributed by atoms with Crippen LogP contribution in [0.5, 0.6) is 0 Å². The second-order valence-electron chi connectivity index (χ2n) is 6.29. The molecule has 0 fully saturated rings. The second-order valence-corrected chi connectivity index (χ2v) is 6.29. The number of hydrogen-bond donors (Lipinski definition) is 1. The number of benzene rings is 2. The number of primary amides is 1. The first kappa shape index (κ1) is 17.4. The lowest BCUT2D eigenvalue weighted by atomic mass is 10.1. The van der Waals surface area contributed by atoms with E-state index in [9.17, 15) is 4.79 Å². The largest absolute Gasteiger partial charge is 0.364 e. The molecule has 6 nitrogen and oxygen atoms in total. The Balaban J connectivity index is 1.72. The van der Waals surface area contributed by atoms with Gasteiger partial charge in [-0.25, -0.2) is 14.6 Å². The van der Waals surface area contributed by atoms with Crippen molar-refractivity contribution in [2.75, 3.05) is 0 Å². The molecule has 4 aromatic rings. The van der Waals surface area contributed by atoms with Crippen molar-refractivity contribution in [3.63, 3.8) is 0 Å². The standard InChI is InChI=1S/C22H17N5O/c1-15(22-24-12-5-13-25-22)10-11-16-6-4-7-17(14-16)27-19-9-3-2-8-18(19)20(26-27)21(23)28/h2-9,12-15H,1H3,(H2,23,28). The Bertz CT molecular complexity index is 1220. The van der Waals surface area contributed by atoms with Crippen molar-refractivity contribution in [2.24, 2.45) is 5.73 Å². The smallest absolute Gasteiger partial charge is 0.269 e. The molecular formula is C22H17N5O. The third-order valence-corrected chi connectivity index (χ3v) is 4.32. The molecule has 6 heteroatoms. The summed E-state index contributed by atoms with van der Waals surface area (Å²) in [6.45, 7) is 1.96. The first-order chi connectivity index (χ1) is 13.6. The summed E-state index contributed by atoms with van der Waals surface area (Å²) in [6.07, 6.45) is 3.42. The van der Waals surface area contributed by atoms with Crippen LogP contribution >= 0.6 is 0 Å². The van der Waals surface area contributed by atoms with Crippen molar-refractivity contribution in [2.45, 2.75) is 12.8 Å². The number of aromatic nitrogens is 4. The zero-order valence-electron chi connectivity index (χ0n) is 15.2. The van der Waals surface area contributed by atoms with Crippen LogP contribution in [0.1, 0.15) is 34.7 Å². The van der Waals surface area contributed by atoms with Crippen LogP contribution in [0.25, 0.3) is 16.6 Å². The molecule has 28 heavy (non-hydrogen) atoms. The Morgan fingerprint density at radius 2 is 1.86 bits per heavy atom. The molecule has 0 aliphatic carbocycles. The Morgan fingerprint density at radius 3 is 2.64 bits per heavy atom. The molecule has 4 rings (SSSR count). The zero-order valence-corrected chi connectivity index (χ0v) is 15.2. The number of carbonyl (C=O) groups excluding carboxylic acids is 1. The molecule has 0 spiro atoms. The van der Waals surface area contributed by atoms with E-state index in [0.717, 1.165) is 22.2 Å². The molecule has 0 bridgehead atoms. The van der Waals surface area contributed by atoms with Gasteiger partial charge in [-0.15, -0.1) is 0 Å². The van der Waals surface area contributed by atoms with Crippen LogP contribution in [0.3, 0.4) is 0 Å². The highest BCUT2D eigenvalue weighted by atomic mass is 16.1. The maximum atomic E-state index is 11.8. The lowest BCUT2D eigenvalue weighted by Crippen LogP contribution is -2.12. The molecule has 0 saturated heterocycles. The molecule has 2 N–H and O–H groups in total. The fourth-order valence-corrected chi connectivity index (χ4v) is 2.95. The highest BCUT2D eigenvalue weighted by molar-refractivity contribution is 6.04. The summed E-state index contributed by atoms with van der Waals surface area (Å²) in [6, 6.07) is 17.0. The molecule has 0 aliphatic heterocycles. The topological polar surface area (TPSA) is 86.7 Å². The van der Waals surface area contributed by atoms with E-state index < -0.39 is 5.91 Å². The van der Waals surface area contributed by atoms with Gasteiger partial charge in [0.1, 0.15) is 5.82 Å². The van der Waals surface area contributed by atoms with Crippen molar-refractivity contribution in [3.05, 3.63) is 84.1 Å². The number of amides is 1. The lowest BCUT2D eigenvalue weighted by Gasteiger charge is -2.04. The van der Waals surface area contributed by atoms with Gasteiger partial charge < -0.3 is 5.73 Å². The highest BCUT2D eigenvalue weighted by Crippen LogP contribution is 2.22. The van der Waals surface area contributed by atoms with E-state index in [0.29, 0.717) is 5.82 Å². The predicted octanol–water partition coefficient (Wildman–Crippen LogP) is 3.07. The van der Waals surface area contributed by atoms with Crippen LogP contribution in [-0.2, 0) is 0 Å². The van der Waals surface area contributed by atoms with Gasteiger partial charge in [-0.1, -0.05) is 36.1 Å². The van der Waals surface area contributed by atoms with Gasteiger partial charge in [0.05, 0.1) is 17.1 Å². The first-order valence-corrected chi connectivity index (χ1v) is 8.80. The molecule has 0 saturated carbocycles. The molecule has 1 amide bonds. The van der Waals surface area contributed by atoms with Gasteiger partial charge in [-0.05, 0) is 37.3 Å². The van der Waals surface area contributed by atoms with Crippen LogP contribution in [0.2, 0.25) is 0 Å². The van der Waals surface area contributed by atoms with Gasteiger partial charge in [0, 0.05) is 23.3 Å². The van der Waals surface area contributed by atoms with E-state index in [1.165, 1.54) is 0 Å². The first-order valence-electron chi connectivity index (χ1n) is 8.80. The van der Waals surface area contributed by atoms with E-state index in [1.807, 2.05) is 55.5 Å². The fourth-order valence-electron chi connectivity index (χ4n) is 2.95. The molecule has 0 radical (unpaired) electrons. The van der Waals surface area contributed by atoms with Gasteiger partial charge in [0.2, 0.25) is 0 Å². The quantitative estimate of drug-likeness (QED) is 0.564. The van der Waals surface area contributed by atoms with Crippen LogP contribution in [0.15, 0.2) is 67.0 Å². The summed E-state index contributed by atoms with van der Waals surface area (Å²) in [5.74, 6) is 6.39. The van der Waals surface area contributed by atoms with Gasteiger partial charge in [-0.2, -0.15) is 5.10 Å². The summed E-state index contributed by atoms with van der Waals surface area (Å²) < 4.78 is 1.71. The second kappa shape index (κ2) is 7.33. The van der Waals surface area contributed by atoms with Crippen molar-refractivity contribution < 1.29 is 4.79 Å². The zero-order chi connectivity index (χ0) is 19.5. The Hall–Kier alpha value is -3.98. The summed E-state index contributed by atoms with van der Waals surface area (Å²) >= 11 is 0. The van der Waals surface area contributed by atoms with Crippen molar-refractivity contribution >= 4 is 16.8 Å². The summed E-state index contributed by atoms with van der Waals surface area (Å²) in [5.41, 5.74) is 8.19. The molecule has 1 atom stereocenters. The van der Waals surface area contributed by atoms with Crippen molar-refractivity contribution in [1.29, 1.82) is 0 Å². The van der Waals surface area contributed by atoms with E-state index in [4.69, 9.17) is 5.73 Å². The van der Waals surface area contributed by atoms with Crippen LogP contribution in [-0.4, -0.2) is 25.7 Å². The number of hydrogen-bond acceptors (Lipinski definition) is 4. The number of carbonyl (C=O) groups is 1. The normalized spacial score (nSPS) is 11.6. The Kier molecular flexibility index (Phi) is 4.56. The van der Waals surface area contributed by atoms with Gasteiger partial charge in [0.25, 0.3) is 5.91 Å². The molecule has 2 aromatic heterocycles. The maximum absolute atomic E-state index is 11.8. The molecule has 2 heterocycles. The van der Waals surface area contributed by atoms with Crippen molar-refractivity contribution in [3.8, 4) is 17.5 Å². The van der Waals surface area contributed by atoms with Gasteiger partial charge >= 0.3 is 0 Å². The molecule has 1 unspecified atom stereocenters. The fraction of sp³-hybridized carbons (Fsp3) is 0.0909.